The third kappa shape index (κ3) is 3.79. The molecule has 4 rings (SSSR count). The number of para-hydroxylation sites is 1. The number of amides is 1. The van der Waals surface area contributed by atoms with E-state index in [0.717, 1.165) is 15.8 Å². The van der Waals surface area contributed by atoms with E-state index in [-0.39, 0.29) is 12.6 Å². The highest BCUT2D eigenvalue weighted by Gasteiger charge is 2.15. The summed E-state index contributed by atoms with van der Waals surface area (Å²) in [6.07, 6.45) is 1.55. The van der Waals surface area contributed by atoms with E-state index in [1.807, 2.05) is 37.3 Å². The summed E-state index contributed by atoms with van der Waals surface area (Å²) in [7, 11) is 0. The maximum absolute atomic E-state index is 12.6. The summed E-state index contributed by atoms with van der Waals surface area (Å²) in [5, 5.41) is 8.02. The minimum absolute atomic E-state index is 0.0680. The van der Waals surface area contributed by atoms with Gasteiger partial charge in [-0.15, -0.1) is 0 Å². The molecule has 0 spiro atoms. The number of rotatable bonds is 5. The fourth-order valence-corrected chi connectivity index (χ4v) is 3.72. The Morgan fingerprint density at radius 1 is 1.26 bits per heavy atom. The van der Waals surface area contributed by atoms with Crippen LogP contribution < -0.4 is 10.1 Å². The molecule has 4 aromatic rings. The van der Waals surface area contributed by atoms with Crippen molar-refractivity contribution in [3.05, 3.63) is 71.0 Å². The standard InChI is InChI=1S/C19H15ClN4O2S/c1-12-6-7-14-17(10-12)27-19(22-14)23-18(25)15-8-9-21-24(15)11-26-16-5-3-2-4-13(16)20/h2-10H,11H2,1H3,(H,22,23,25). The summed E-state index contributed by atoms with van der Waals surface area (Å²) in [6, 6.07) is 14.8. The van der Waals surface area contributed by atoms with Crippen molar-refractivity contribution < 1.29 is 9.53 Å². The molecule has 0 unspecified atom stereocenters. The number of hydrogen-bond donors (Lipinski definition) is 1. The van der Waals surface area contributed by atoms with Gasteiger partial charge in [0.25, 0.3) is 5.91 Å². The molecule has 136 valence electrons. The Bertz CT molecular complexity index is 1120. The van der Waals surface area contributed by atoms with Gasteiger partial charge in [0.2, 0.25) is 0 Å². The number of carbonyl (C=O) groups excluding carboxylic acids is 1. The molecular formula is C19H15ClN4O2S. The van der Waals surface area contributed by atoms with Crippen LogP contribution in [0.25, 0.3) is 10.2 Å². The zero-order chi connectivity index (χ0) is 18.8. The molecule has 0 aliphatic rings. The predicted molar refractivity (Wildman–Crippen MR) is 107 cm³/mol. The van der Waals surface area contributed by atoms with Gasteiger partial charge in [-0.2, -0.15) is 5.10 Å². The number of aryl methyl sites for hydroxylation is 1. The van der Waals surface area contributed by atoms with E-state index in [1.54, 1.807) is 24.4 Å². The number of fused-ring (bicyclic) bond motifs is 1. The number of thiazole rings is 1. The quantitative estimate of drug-likeness (QED) is 0.527. The topological polar surface area (TPSA) is 69.0 Å². The van der Waals surface area contributed by atoms with Crippen molar-refractivity contribution >= 4 is 44.2 Å². The van der Waals surface area contributed by atoms with Crippen LogP contribution in [0.5, 0.6) is 5.75 Å². The van der Waals surface area contributed by atoms with Gasteiger partial charge >= 0.3 is 0 Å². The van der Waals surface area contributed by atoms with Gasteiger partial charge in [-0.25, -0.2) is 9.67 Å². The first-order valence-corrected chi connectivity index (χ1v) is 9.37. The average Bonchev–Trinajstić information content (AvgIpc) is 3.27. The number of nitrogens with zero attached hydrogens (tertiary/aromatic N) is 3. The molecule has 2 aromatic heterocycles. The molecule has 6 nitrogen and oxygen atoms in total. The fraction of sp³-hybridized carbons (Fsp3) is 0.105. The highest BCUT2D eigenvalue weighted by molar-refractivity contribution is 7.22. The largest absolute Gasteiger partial charge is 0.470 e. The monoisotopic (exact) mass is 398 g/mol. The molecule has 0 saturated heterocycles. The number of hydrogen-bond acceptors (Lipinski definition) is 5. The Morgan fingerprint density at radius 3 is 2.96 bits per heavy atom. The van der Waals surface area contributed by atoms with Crippen molar-refractivity contribution in [3.8, 4) is 5.75 Å². The van der Waals surface area contributed by atoms with Crippen LogP contribution in [0, 0.1) is 6.92 Å². The summed E-state index contributed by atoms with van der Waals surface area (Å²) in [6.45, 7) is 2.09. The Hall–Kier alpha value is -2.90. The van der Waals surface area contributed by atoms with E-state index < -0.39 is 0 Å². The summed E-state index contributed by atoms with van der Waals surface area (Å²) < 4.78 is 8.16. The van der Waals surface area contributed by atoms with Crippen LogP contribution in [-0.2, 0) is 6.73 Å². The number of aromatic nitrogens is 3. The molecule has 1 N–H and O–H groups in total. The minimum Gasteiger partial charge on any atom is -0.470 e. The van der Waals surface area contributed by atoms with Crippen LogP contribution >= 0.6 is 22.9 Å². The molecule has 27 heavy (non-hydrogen) atoms. The zero-order valence-electron chi connectivity index (χ0n) is 14.3. The van der Waals surface area contributed by atoms with Crippen LogP contribution in [-0.4, -0.2) is 20.7 Å². The van der Waals surface area contributed by atoms with Crippen molar-refractivity contribution in [3.63, 3.8) is 0 Å². The van der Waals surface area contributed by atoms with E-state index in [4.69, 9.17) is 16.3 Å². The smallest absolute Gasteiger partial charge is 0.275 e. The predicted octanol–water partition coefficient (Wildman–Crippen LogP) is 4.74. The van der Waals surface area contributed by atoms with Crippen molar-refractivity contribution in [1.29, 1.82) is 0 Å². The summed E-state index contributed by atoms with van der Waals surface area (Å²) >= 11 is 7.52. The second kappa shape index (κ2) is 7.38. The van der Waals surface area contributed by atoms with Gasteiger partial charge in [0.15, 0.2) is 11.9 Å². The third-order valence-electron chi connectivity index (χ3n) is 3.89. The van der Waals surface area contributed by atoms with Crippen LogP contribution in [0.1, 0.15) is 16.1 Å². The van der Waals surface area contributed by atoms with Gasteiger partial charge in [-0.05, 0) is 42.8 Å². The first-order valence-electron chi connectivity index (χ1n) is 8.18. The maximum Gasteiger partial charge on any atom is 0.275 e. The number of nitrogens with one attached hydrogen (secondary N) is 1. The molecule has 0 fully saturated rings. The number of halogens is 1. The van der Waals surface area contributed by atoms with Crippen molar-refractivity contribution in [2.75, 3.05) is 5.32 Å². The van der Waals surface area contributed by atoms with Gasteiger partial charge in [0.1, 0.15) is 11.4 Å². The van der Waals surface area contributed by atoms with Crippen molar-refractivity contribution in [2.45, 2.75) is 13.7 Å². The Kier molecular flexibility index (Phi) is 4.79. The van der Waals surface area contributed by atoms with E-state index >= 15 is 0 Å². The van der Waals surface area contributed by atoms with Gasteiger partial charge in [0.05, 0.1) is 15.2 Å². The lowest BCUT2D eigenvalue weighted by atomic mass is 10.2. The van der Waals surface area contributed by atoms with Crippen LogP contribution in [0.2, 0.25) is 5.02 Å². The lowest BCUT2D eigenvalue weighted by Crippen LogP contribution is -2.19. The average molecular weight is 399 g/mol. The van der Waals surface area contributed by atoms with Gasteiger partial charge in [0, 0.05) is 6.20 Å². The second-order valence-electron chi connectivity index (χ2n) is 5.86. The molecule has 8 heteroatoms. The second-order valence-corrected chi connectivity index (χ2v) is 7.30. The van der Waals surface area contributed by atoms with Gasteiger partial charge in [-0.1, -0.05) is 41.1 Å². The number of anilines is 1. The first kappa shape index (κ1) is 17.5. The van der Waals surface area contributed by atoms with Crippen molar-refractivity contribution in [2.24, 2.45) is 0 Å². The molecule has 0 atom stereocenters. The molecule has 2 aromatic carbocycles. The molecule has 1 amide bonds. The molecular weight excluding hydrogens is 384 g/mol. The normalized spacial score (nSPS) is 10.9. The van der Waals surface area contributed by atoms with Gasteiger partial charge in [-0.3, -0.25) is 10.1 Å². The highest BCUT2D eigenvalue weighted by atomic mass is 35.5. The Balaban J connectivity index is 1.49. The van der Waals surface area contributed by atoms with Crippen LogP contribution in [0.4, 0.5) is 5.13 Å². The van der Waals surface area contributed by atoms with Crippen LogP contribution in [0.15, 0.2) is 54.7 Å². The van der Waals surface area contributed by atoms with E-state index in [2.05, 4.69) is 15.4 Å². The molecule has 0 saturated carbocycles. The van der Waals surface area contributed by atoms with Gasteiger partial charge < -0.3 is 4.74 Å². The number of ether oxygens (including phenoxy) is 1. The molecule has 2 heterocycles. The number of carbonyl (C=O) groups is 1. The number of benzene rings is 2. The zero-order valence-corrected chi connectivity index (χ0v) is 15.9. The molecule has 0 bridgehead atoms. The van der Waals surface area contributed by atoms with Crippen LogP contribution in [0.3, 0.4) is 0 Å². The van der Waals surface area contributed by atoms with E-state index in [1.165, 1.54) is 16.0 Å². The van der Waals surface area contributed by atoms with E-state index in [9.17, 15) is 4.79 Å². The molecule has 0 aliphatic heterocycles. The lowest BCUT2D eigenvalue weighted by Gasteiger charge is -2.10. The Labute approximate surface area is 164 Å². The molecule has 0 aliphatic carbocycles. The summed E-state index contributed by atoms with van der Waals surface area (Å²) in [4.78, 5) is 17.1. The maximum atomic E-state index is 12.6. The summed E-state index contributed by atoms with van der Waals surface area (Å²) in [5.41, 5.74) is 2.38. The molecule has 0 radical (unpaired) electrons. The lowest BCUT2D eigenvalue weighted by molar-refractivity contribution is 0.100. The third-order valence-corrected chi connectivity index (χ3v) is 5.14. The van der Waals surface area contributed by atoms with Crippen molar-refractivity contribution in [1.82, 2.24) is 14.8 Å². The highest BCUT2D eigenvalue weighted by Crippen LogP contribution is 2.27. The fourth-order valence-electron chi connectivity index (χ4n) is 2.57. The first-order chi connectivity index (χ1) is 13.1. The minimum atomic E-state index is -0.300. The summed E-state index contributed by atoms with van der Waals surface area (Å²) in [5.74, 6) is 0.230. The SMILES string of the molecule is Cc1ccc2nc(NC(=O)c3ccnn3COc3ccccc3Cl)sc2c1. The Morgan fingerprint density at radius 2 is 2.11 bits per heavy atom. The van der Waals surface area contributed by atoms with E-state index in [0.29, 0.717) is 21.6 Å².